The highest BCUT2D eigenvalue weighted by Gasteiger charge is 2.43. The lowest BCUT2D eigenvalue weighted by atomic mass is 9.99. The highest BCUT2D eigenvalue weighted by molar-refractivity contribution is 4.88. The molecular weight excluding hydrogens is 328 g/mol. The lowest BCUT2D eigenvalue weighted by Crippen LogP contribution is -2.59. The normalized spacial score (nSPS) is 29.9. The van der Waals surface area contributed by atoms with Crippen molar-refractivity contribution in [2.45, 2.75) is 94.9 Å². The molecule has 0 aromatic rings. The van der Waals surface area contributed by atoms with Gasteiger partial charge in [-0.2, -0.15) is 0 Å². The third-order valence-corrected chi connectivity index (χ3v) is 4.68. The van der Waals surface area contributed by atoms with Crippen molar-refractivity contribution in [1.29, 1.82) is 0 Å². The average Bonchev–Trinajstić information content (AvgIpc) is 2.62. The summed E-state index contributed by atoms with van der Waals surface area (Å²) in [6.45, 7) is 0.264. The predicted octanol–water partition coefficient (Wildman–Crippen LogP) is 0.696. The van der Waals surface area contributed by atoms with Crippen molar-refractivity contribution in [2.24, 2.45) is 0 Å². The van der Waals surface area contributed by atoms with E-state index in [2.05, 4.69) is 0 Å². The molecule has 1 rings (SSSR count). The van der Waals surface area contributed by atoms with Gasteiger partial charge in [0.25, 0.3) is 0 Å². The van der Waals surface area contributed by atoms with Crippen molar-refractivity contribution in [3.63, 3.8) is 0 Å². The summed E-state index contributed by atoms with van der Waals surface area (Å²) < 4.78 is 10.7. The summed E-state index contributed by atoms with van der Waals surface area (Å²) in [6.07, 6.45) is 5.16. The molecule has 1 fully saturated rings. The fourth-order valence-corrected chi connectivity index (χ4v) is 3.03. The van der Waals surface area contributed by atoms with Gasteiger partial charge in [-0.05, 0) is 12.8 Å². The van der Waals surface area contributed by atoms with Gasteiger partial charge in [0.05, 0.1) is 6.61 Å². The number of rotatable bonds is 14. The number of hydrogen-bond donors (Lipinski definition) is 5. The molecule has 5 N–H and O–H groups in total. The Bertz CT molecular complexity index is 314. The first-order chi connectivity index (χ1) is 12.1. The molecule has 5 unspecified atom stereocenters. The predicted molar refractivity (Wildman–Crippen MR) is 93.0 cm³/mol. The van der Waals surface area contributed by atoms with Gasteiger partial charge in [-0.1, -0.05) is 51.4 Å². The van der Waals surface area contributed by atoms with E-state index in [-0.39, 0.29) is 0 Å². The standard InChI is InChI=1S/C18H36O7/c19-11-9-7-5-3-1-2-4-6-8-10-12-24-18-17(23)16(22)15(21)14(13-20)25-18/h14-23H,1-13H2. The number of ether oxygens (including phenoxy) is 2. The van der Waals surface area contributed by atoms with Crippen molar-refractivity contribution < 1.29 is 35.0 Å². The molecule has 1 aliphatic heterocycles. The maximum absolute atomic E-state index is 9.84. The van der Waals surface area contributed by atoms with Crippen LogP contribution < -0.4 is 0 Å². The lowest BCUT2D eigenvalue weighted by Gasteiger charge is -2.39. The highest BCUT2D eigenvalue weighted by Crippen LogP contribution is 2.22. The van der Waals surface area contributed by atoms with Gasteiger partial charge >= 0.3 is 0 Å². The lowest BCUT2D eigenvalue weighted by molar-refractivity contribution is -0.301. The molecule has 1 aliphatic rings. The zero-order valence-corrected chi connectivity index (χ0v) is 15.1. The second kappa shape index (κ2) is 13.9. The molecule has 7 heteroatoms. The summed E-state index contributed by atoms with van der Waals surface area (Å²) in [5, 5.41) is 47.0. The van der Waals surface area contributed by atoms with Crippen LogP contribution in [-0.4, -0.2) is 76.1 Å². The summed E-state index contributed by atoms with van der Waals surface area (Å²) in [4.78, 5) is 0. The van der Waals surface area contributed by atoms with Crippen LogP contribution in [0.4, 0.5) is 0 Å². The quantitative estimate of drug-likeness (QED) is 0.288. The molecule has 0 radical (unpaired) electrons. The van der Waals surface area contributed by atoms with Gasteiger partial charge in [0.2, 0.25) is 0 Å². The fraction of sp³-hybridized carbons (Fsp3) is 1.00. The minimum Gasteiger partial charge on any atom is -0.396 e. The minimum absolute atomic E-state index is 0.297. The Morgan fingerprint density at radius 2 is 1.16 bits per heavy atom. The van der Waals surface area contributed by atoms with Gasteiger partial charge in [-0.25, -0.2) is 0 Å². The van der Waals surface area contributed by atoms with E-state index in [9.17, 15) is 15.3 Å². The van der Waals surface area contributed by atoms with Gasteiger partial charge in [0.1, 0.15) is 24.4 Å². The van der Waals surface area contributed by atoms with Crippen LogP contribution in [0.5, 0.6) is 0 Å². The molecule has 0 aromatic heterocycles. The zero-order valence-electron chi connectivity index (χ0n) is 15.1. The molecule has 5 atom stereocenters. The van der Waals surface area contributed by atoms with Gasteiger partial charge in [-0.15, -0.1) is 0 Å². The van der Waals surface area contributed by atoms with E-state index in [0.29, 0.717) is 13.2 Å². The Morgan fingerprint density at radius 1 is 0.640 bits per heavy atom. The van der Waals surface area contributed by atoms with Crippen molar-refractivity contribution in [3.05, 3.63) is 0 Å². The second-order valence-electron chi connectivity index (χ2n) is 6.83. The van der Waals surface area contributed by atoms with Gasteiger partial charge in [0.15, 0.2) is 6.29 Å². The third-order valence-electron chi connectivity index (χ3n) is 4.68. The van der Waals surface area contributed by atoms with Crippen LogP contribution in [0.1, 0.15) is 64.2 Å². The Labute approximate surface area is 150 Å². The summed E-state index contributed by atoms with van der Waals surface area (Å²) >= 11 is 0. The van der Waals surface area contributed by atoms with Crippen molar-refractivity contribution in [2.75, 3.05) is 19.8 Å². The van der Waals surface area contributed by atoms with E-state index in [1.54, 1.807) is 0 Å². The fourth-order valence-electron chi connectivity index (χ4n) is 3.03. The summed E-state index contributed by atoms with van der Waals surface area (Å²) in [7, 11) is 0. The first kappa shape index (κ1) is 22.8. The van der Waals surface area contributed by atoms with Gasteiger partial charge in [-0.3, -0.25) is 0 Å². The molecular formula is C18H36O7. The van der Waals surface area contributed by atoms with E-state index in [1.807, 2.05) is 0 Å². The third kappa shape index (κ3) is 8.77. The number of aliphatic hydroxyl groups excluding tert-OH is 5. The Balaban J connectivity index is 1.99. The van der Waals surface area contributed by atoms with Crippen molar-refractivity contribution >= 4 is 0 Å². The molecule has 1 saturated heterocycles. The minimum atomic E-state index is -1.38. The summed E-state index contributed by atoms with van der Waals surface area (Å²) in [5.74, 6) is 0. The van der Waals surface area contributed by atoms with E-state index < -0.39 is 37.3 Å². The monoisotopic (exact) mass is 364 g/mol. The molecule has 0 amide bonds. The second-order valence-corrected chi connectivity index (χ2v) is 6.83. The molecule has 150 valence electrons. The molecule has 25 heavy (non-hydrogen) atoms. The summed E-state index contributed by atoms with van der Waals surface area (Å²) in [5.41, 5.74) is 0. The van der Waals surface area contributed by atoms with Crippen LogP contribution in [0.25, 0.3) is 0 Å². The molecule has 0 saturated carbocycles. The largest absolute Gasteiger partial charge is 0.396 e. The Morgan fingerprint density at radius 3 is 1.68 bits per heavy atom. The Kier molecular flexibility index (Phi) is 12.6. The molecule has 1 heterocycles. The Hall–Kier alpha value is -0.280. The van der Waals surface area contributed by atoms with Crippen LogP contribution >= 0.6 is 0 Å². The highest BCUT2D eigenvalue weighted by atomic mass is 16.7. The zero-order chi connectivity index (χ0) is 18.5. The van der Waals surface area contributed by atoms with E-state index >= 15 is 0 Å². The van der Waals surface area contributed by atoms with Crippen LogP contribution in [0.2, 0.25) is 0 Å². The van der Waals surface area contributed by atoms with Crippen LogP contribution in [-0.2, 0) is 9.47 Å². The van der Waals surface area contributed by atoms with E-state index in [4.69, 9.17) is 19.7 Å². The van der Waals surface area contributed by atoms with Gasteiger partial charge in [0, 0.05) is 13.2 Å². The van der Waals surface area contributed by atoms with Crippen LogP contribution in [0.3, 0.4) is 0 Å². The SMILES string of the molecule is OCCCCCCCCCCCCOC1OC(CO)C(O)C(O)C1O. The molecule has 0 aromatic carbocycles. The van der Waals surface area contributed by atoms with Gasteiger partial charge < -0.3 is 35.0 Å². The smallest absolute Gasteiger partial charge is 0.186 e. The summed E-state index contributed by atoms with van der Waals surface area (Å²) in [6, 6.07) is 0. The van der Waals surface area contributed by atoms with E-state index in [1.165, 1.54) is 32.1 Å². The first-order valence-electron chi connectivity index (χ1n) is 9.64. The maximum atomic E-state index is 9.84. The number of aliphatic hydroxyl groups is 5. The van der Waals surface area contributed by atoms with Crippen molar-refractivity contribution in [1.82, 2.24) is 0 Å². The van der Waals surface area contributed by atoms with E-state index in [0.717, 1.165) is 32.1 Å². The maximum Gasteiger partial charge on any atom is 0.186 e. The number of unbranched alkanes of at least 4 members (excludes halogenated alkanes) is 9. The molecule has 0 aliphatic carbocycles. The molecule has 0 spiro atoms. The van der Waals surface area contributed by atoms with Crippen LogP contribution in [0.15, 0.2) is 0 Å². The topological polar surface area (TPSA) is 120 Å². The average molecular weight is 364 g/mol. The number of hydrogen-bond acceptors (Lipinski definition) is 7. The first-order valence-corrected chi connectivity index (χ1v) is 9.64. The van der Waals surface area contributed by atoms with Crippen LogP contribution in [0, 0.1) is 0 Å². The molecule has 0 bridgehead atoms. The molecule has 7 nitrogen and oxygen atoms in total. The van der Waals surface area contributed by atoms with Crippen molar-refractivity contribution in [3.8, 4) is 0 Å².